The first kappa shape index (κ1) is 26.4. The second kappa shape index (κ2) is 10.3. The number of thiophene rings is 1. The van der Waals surface area contributed by atoms with Gasteiger partial charge in [0.25, 0.3) is 0 Å². The van der Waals surface area contributed by atoms with Crippen molar-refractivity contribution in [1.82, 2.24) is 4.98 Å². The highest BCUT2D eigenvalue weighted by Gasteiger charge is 2.17. The number of fused-ring (bicyclic) bond motifs is 3. The molecule has 0 unspecified atom stereocenters. The predicted octanol–water partition coefficient (Wildman–Crippen LogP) is 13.0. The Kier molecular flexibility index (Phi) is 5.81. The van der Waals surface area contributed by atoms with E-state index < -0.39 is 0 Å². The SMILES string of the molecule is c1cc2ccc3c(-c4ccc(-c5ccncc5)cc4)cc(-c4ccc(-c5cccc6c5sc5ccccc56)cc4)c4ccc(c1)c2c34. The van der Waals surface area contributed by atoms with E-state index >= 15 is 0 Å². The molecule has 0 bridgehead atoms. The fourth-order valence-corrected chi connectivity index (χ4v) is 8.74. The van der Waals surface area contributed by atoms with Gasteiger partial charge in [0.15, 0.2) is 0 Å². The van der Waals surface area contributed by atoms with Crippen LogP contribution in [0.3, 0.4) is 0 Å². The minimum Gasteiger partial charge on any atom is -0.265 e. The van der Waals surface area contributed by atoms with Gasteiger partial charge >= 0.3 is 0 Å². The van der Waals surface area contributed by atoms with Gasteiger partial charge in [0, 0.05) is 32.6 Å². The van der Waals surface area contributed by atoms with E-state index in [1.165, 1.54) is 97.0 Å². The van der Waals surface area contributed by atoms with Gasteiger partial charge in [-0.2, -0.15) is 0 Å². The third-order valence-electron chi connectivity index (χ3n) is 9.77. The molecule has 47 heavy (non-hydrogen) atoms. The predicted molar refractivity (Wildman–Crippen MR) is 203 cm³/mol. The molecule has 0 radical (unpaired) electrons. The van der Waals surface area contributed by atoms with Gasteiger partial charge in [-0.1, -0.05) is 127 Å². The molecule has 0 saturated carbocycles. The summed E-state index contributed by atoms with van der Waals surface area (Å²) >= 11 is 1.89. The summed E-state index contributed by atoms with van der Waals surface area (Å²) in [4.78, 5) is 4.19. The zero-order valence-corrected chi connectivity index (χ0v) is 26.3. The molecule has 0 spiro atoms. The molecular formula is C45H27NS. The molecule has 0 saturated heterocycles. The van der Waals surface area contributed by atoms with Gasteiger partial charge in [-0.3, -0.25) is 4.98 Å². The standard InChI is InChI=1S/C45H27NS/c1-2-10-42-36(7-1)39-9-4-8-35(45(39)47-42)30-15-17-32(18-16-30)41-27-40(31-13-11-28(12-14-31)29-23-25-46-26-24-29)37-21-19-33-5-3-6-34-20-22-38(41)44(37)43(33)34/h1-27H. The Hall–Kier alpha value is -5.83. The van der Waals surface area contributed by atoms with Crippen LogP contribution < -0.4 is 0 Å². The molecule has 0 N–H and O–H groups in total. The van der Waals surface area contributed by atoms with Crippen molar-refractivity contribution in [2.45, 2.75) is 0 Å². The number of aromatic nitrogens is 1. The lowest BCUT2D eigenvalue weighted by atomic mass is 9.85. The average Bonchev–Trinajstić information content (AvgIpc) is 3.53. The molecule has 2 heterocycles. The lowest BCUT2D eigenvalue weighted by Gasteiger charge is -2.18. The first-order valence-corrected chi connectivity index (χ1v) is 16.8. The average molecular weight is 614 g/mol. The molecule has 0 aliphatic rings. The second-order valence-corrected chi connectivity index (χ2v) is 13.4. The van der Waals surface area contributed by atoms with E-state index in [0.717, 1.165) is 0 Å². The Balaban J connectivity index is 1.16. The maximum atomic E-state index is 4.19. The molecular weight excluding hydrogens is 587 g/mol. The molecule has 2 heteroatoms. The van der Waals surface area contributed by atoms with Crippen LogP contribution in [-0.4, -0.2) is 4.98 Å². The van der Waals surface area contributed by atoms with Crippen LogP contribution in [0.2, 0.25) is 0 Å². The summed E-state index contributed by atoms with van der Waals surface area (Å²) in [6.07, 6.45) is 3.70. The van der Waals surface area contributed by atoms with Crippen molar-refractivity contribution in [1.29, 1.82) is 0 Å². The van der Waals surface area contributed by atoms with Crippen molar-refractivity contribution >= 4 is 63.8 Å². The Labute approximate surface area is 276 Å². The highest BCUT2D eigenvalue weighted by molar-refractivity contribution is 7.26. The Bertz CT molecular complexity index is 2740. The number of benzene rings is 8. The molecule has 0 atom stereocenters. The summed E-state index contributed by atoms with van der Waals surface area (Å²) in [6.45, 7) is 0. The van der Waals surface area contributed by atoms with Crippen LogP contribution in [0.15, 0.2) is 164 Å². The van der Waals surface area contributed by atoms with Crippen LogP contribution in [0, 0.1) is 0 Å². The molecule has 2 aromatic heterocycles. The molecule has 10 rings (SSSR count). The number of nitrogens with zero attached hydrogens (tertiary/aromatic N) is 1. The van der Waals surface area contributed by atoms with Crippen LogP contribution in [0.4, 0.5) is 0 Å². The molecule has 0 aliphatic heterocycles. The third-order valence-corrected chi connectivity index (χ3v) is 11.0. The topological polar surface area (TPSA) is 12.9 Å². The molecule has 8 aromatic carbocycles. The minimum absolute atomic E-state index is 1.18. The van der Waals surface area contributed by atoms with Crippen molar-refractivity contribution in [3.8, 4) is 44.5 Å². The zero-order chi connectivity index (χ0) is 30.9. The summed E-state index contributed by atoms with van der Waals surface area (Å²) in [5.74, 6) is 0. The molecule has 10 aromatic rings. The maximum Gasteiger partial charge on any atom is 0.0433 e. The summed E-state index contributed by atoms with van der Waals surface area (Å²) in [7, 11) is 0. The van der Waals surface area contributed by atoms with Crippen LogP contribution in [0.1, 0.15) is 0 Å². The van der Waals surface area contributed by atoms with Crippen LogP contribution in [0.5, 0.6) is 0 Å². The van der Waals surface area contributed by atoms with Gasteiger partial charge in [0.1, 0.15) is 0 Å². The van der Waals surface area contributed by atoms with Crippen molar-refractivity contribution in [2.75, 3.05) is 0 Å². The van der Waals surface area contributed by atoms with Crippen molar-refractivity contribution in [2.24, 2.45) is 0 Å². The van der Waals surface area contributed by atoms with E-state index in [0.29, 0.717) is 0 Å². The van der Waals surface area contributed by atoms with Crippen molar-refractivity contribution in [3.05, 3.63) is 164 Å². The smallest absolute Gasteiger partial charge is 0.0433 e. The maximum absolute atomic E-state index is 4.19. The second-order valence-electron chi connectivity index (χ2n) is 12.3. The Morgan fingerprint density at radius 1 is 0.362 bits per heavy atom. The summed E-state index contributed by atoms with van der Waals surface area (Å²) in [5, 5.41) is 10.5. The number of hydrogen-bond acceptors (Lipinski definition) is 2. The van der Waals surface area contributed by atoms with E-state index in [-0.39, 0.29) is 0 Å². The summed E-state index contributed by atoms with van der Waals surface area (Å²) in [5.41, 5.74) is 9.87. The molecule has 218 valence electrons. The lowest BCUT2D eigenvalue weighted by molar-refractivity contribution is 1.33. The van der Waals surface area contributed by atoms with Gasteiger partial charge in [-0.15, -0.1) is 11.3 Å². The Morgan fingerprint density at radius 3 is 1.60 bits per heavy atom. The first-order chi connectivity index (χ1) is 23.3. The molecule has 0 aliphatic carbocycles. The number of pyridine rings is 1. The van der Waals surface area contributed by atoms with E-state index in [1.54, 1.807) is 0 Å². The summed E-state index contributed by atoms with van der Waals surface area (Å²) in [6, 6.07) is 56.0. The van der Waals surface area contributed by atoms with Crippen LogP contribution in [0.25, 0.3) is 97.0 Å². The normalized spacial score (nSPS) is 11.8. The van der Waals surface area contributed by atoms with Gasteiger partial charge in [-0.25, -0.2) is 0 Å². The van der Waals surface area contributed by atoms with Gasteiger partial charge < -0.3 is 0 Å². The van der Waals surface area contributed by atoms with Crippen LogP contribution in [-0.2, 0) is 0 Å². The fraction of sp³-hybridized carbons (Fsp3) is 0. The Morgan fingerprint density at radius 2 is 0.915 bits per heavy atom. The van der Waals surface area contributed by atoms with Crippen molar-refractivity contribution < 1.29 is 0 Å². The molecule has 1 nitrogen and oxygen atoms in total. The molecule has 0 amide bonds. The highest BCUT2D eigenvalue weighted by Crippen LogP contribution is 2.45. The summed E-state index contributed by atoms with van der Waals surface area (Å²) < 4.78 is 2.68. The zero-order valence-electron chi connectivity index (χ0n) is 25.4. The van der Waals surface area contributed by atoms with Crippen molar-refractivity contribution in [3.63, 3.8) is 0 Å². The first-order valence-electron chi connectivity index (χ1n) is 16.0. The highest BCUT2D eigenvalue weighted by atomic mass is 32.1. The van der Waals surface area contributed by atoms with Gasteiger partial charge in [0.05, 0.1) is 0 Å². The number of rotatable bonds is 4. The van der Waals surface area contributed by atoms with Crippen LogP contribution >= 0.6 is 11.3 Å². The van der Waals surface area contributed by atoms with Gasteiger partial charge in [0.2, 0.25) is 0 Å². The monoisotopic (exact) mass is 613 g/mol. The van der Waals surface area contributed by atoms with E-state index in [2.05, 4.69) is 157 Å². The molecule has 0 fully saturated rings. The van der Waals surface area contributed by atoms with E-state index in [9.17, 15) is 0 Å². The lowest BCUT2D eigenvalue weighted by Crippen LogP contribution is -1.91. The number of hydrogen-bond donors (Lipinski definition) is 0. The third kappa shape index (κ3) is 4.12. The fourth-order valence-electron chi connectivity index (χ4n) is 7.50. The minimum atomic E-state index is 1.18. The van der Waals surface area contributed by atoms with Gasteiger partial charge in [-0.05, 0) is 101 Å². The largest absolute Gasteiger partial charge is 0.265 e. The quantitative estimate of drug-likeness (QED) is 0.180. The van der Waals surface area contributed by atoms with E-state index in [4.69, 9.17) is 0 Å². The van der Waals surface area contributed by atoms with E-state index in [1.807, 2.05) is 23.7 Å².